The van der Waals surface area contributed by atoms with Crippen LogP contribution in [0.5, 0.6) is 11.5 Å². The van der Waals surface area contributed by atoms with Gasteiger partial charge in [-0.25, -0.2) is 0 Å². The summed E-state index contributed by atoms with van der Waals surface area (Å²) in [5.41, 5.74) is 0.576. The normalized spacial score (nSPS) is 10.4. The molecular weight excluding hydrogens is 334 g/mol. The Morgan fingerprint density at radius 3 is 2.50 bits per heavy atom. The zero-order valence-electron chi connectivity index (χ0n) is 16.1. The maximum Gasteiger partial charge on any atom is 0.220 e. The number of ketones is 1. The fourth-order valence-corrected chi connectivity index (χ4v) is 2.26. The molecule has 0 heterocycles. The molecule has 0 unspecified atom stereocenters. The number of amides is 1. The van der Waals surface area contributed by atoms with Gasteiger partial charge in [-0.1, -0.05) is 13.3 Å². The van der Waals surface area contributed by atoms with E-state index in [9.17, 15) is 9.59 Å². The summed E-state index contributed by atoms with van der Waals surface area (Å²) in [6.07, 6.45) is 4.05. The molecule has 0 atom stereocenters. The lowest BCUT2D eigenvalue weighted by atomic mass is 10.1. The monoisotopic (exact) mass is 365 g/mol. The van der Waals surface area contributed by atoms with E-state index in [2.05, 4.69) is 12.2 Å². The molecule has 1 amide bonds. The van der Waals surface area contributed by atoms with E-state index >= 15 is 0 Å². The zero-order chi connectivity index (χ0) is 19.2. The number of carbonyl (C=O) groups is 2. The first-order valence-corrected chi connectivity index (χ1v) is 9.24. The quantitative estimate of drug-likeness (QED) is 0.404. The number of hydrogen-bond donors (Lipinski definition) is 1. The summed E-state index contributed by atoms with van der Waals surface area (Å²) in [6, 6.07) is 5.08. The largest absolute Gasteiger partial charge is 0.493 e. The van der Waals surface area contributed by atoms with Gasteiger partial charge in [-0.2, -0.15) is 0 Å². The van der Waals surface area contributed by atoms with Crippen molar-refractivity contribution in [3.63, 3.8) is 0 Å². The minimum atomic E-state index is -0.0257. The van der Waals surface area contributed by atoms with Crippen LogP contribution >= 0.6 is 0 Å². The molecule has 6 heteroatoms. The van der Waals surface area contributed by atoms with Crippen LogP contribution in [0.3, 0.4) is 0 Å². The molecule has 0 saturated carbocycles. The van der Waals surface area contributed by atoms with Gasteiger partial charge in [0.25, 0.3) is 0 Å². The van der Waals surface area contributed by atoms with Crippen molar-refractivity contribution in [1.82, 2.24) is 5.32 Å². The molecule has 0 aliphatic carbocycles. The molecule has 26 heavy (non-hydrogen) atoms. The Morgan fingerprint density at radius 1 is 1.04 bits per heavy atom. The molecule has 0 saturated heterocycles. The van der Waals surface area contributed by atoms with E-state index in [0.717, 1.165) is 25.9 Å². The SMILES string of the molecule is CCCCOCCCNC(=O)CCCOc1ccc(C(C)=O)cc1OC. The van der Waals surface area contributed by atoms with Crippen LogP contribution in [0.15, 0.2) is 18.2 Å². The first kappa shape index (κ1) is 22.0. The number of carbonyl (C=O) groups excluding carboxylic acids is 2. The number of nitrogens with one attached hydrogen (secondary N) is 1. The second kappa shape index (κ2) is 13.2. The third-order valence-corrected chi connectivity index (χ3v) is 3.81. The Balaban J connectivity index is 2.18. The molecule has 1 aromatic rings. The van der Waals surface area contributed by atoms with Crippen molar-refractivity contribution in [1.29, 1.82) is 0 Å². The molecular formula is C20H31NO5. The van der Waals surface area contributed by atoms with Crippen LogP contribution in [0.25, 0.3) is 0 Å². The second-order valence-corrected chi connectivity index (χ2v) is 6.04. The van der Waals surface area contributed by atoms with E-state index in [1.807, 2.05) is 0 Å². The Hall–Kier alpha value is -2.08. The molecule has 0 spiro atoms. The Bertz CT molecular complexity index is 559. The number of methoxy groups -OCH3 is 1. The summed E-state index contributed by atoms with van der Waals surface area (Å²) in [5.74, 6) is 1.08. The first-order chi connectivity index (χ1) is 12.6. The Kier molecular flexibility index (Phi) is 11.1. The van der Waals surface area contributed by atoms with Gasteiger partial charge >= 0.3 is 0 Å². The van der Waals surface area contributed by atoms with E-state index < -0.39 is 0 Å². The van der Waals surface area contributed by atoms with Crippen molar-refractivity contribution in [3.05, 3.63) is 23.8 Å². The van der Waals surface area contributed by atoms with Gasteiger partial charge < -0.3 is 19.5 Å². The highest BCUT2D eigenvalue weighted by Crippen LogP contribution is 2.28. The predicted molar refractivity (Wildman–Crippen MR) is 101 cm³/mol. The summed E-state index contributed by atoms with van der Waals surface area (Å²) in [6.45, 7) is 6.14. The van der Waals surface area contributed by atoms with Gasteiger partial charge in [0, 0.05) is 31.7 Å². The third-order valence-electron chi connectivity index (χ3n) is 3.81. The molecule has 0 aromatic heterocycles. The van der Waals surface area contributed by atoms with Gasteiger partial charge in [0.15, 0.2) is 17.3 Å². The summed E-state index contributed by atoms with van der Waals surface area (Å²) < 4.78 is 16.3. The molecule has 1 aromatic carbocycles. The average molecular weight is 365 g/mol. The van der Waals surface area contributed by atoms with E-state index in [4.69, 9.17) is 14.2 Å². The zero-order valence-corrected chi connectivity index (χ0v) is 16.1. The summed E-state index contributed by atoms with van der Waals surface area (Å²) in [7, 11) is 1.53. The summed E-state index contributed by atoms with van der Waals surface area (Å²) >= 11 is 0. The molecule has 1 N–H and O–H groups in total. The number of rotatable bonds is 14. The van der Waals surface area contributed by atoms with Crippen LogP contribution in [0.2, 0.25) is 0 Å². The molecule has 0 aliphatic heterocycles. The average Bonchev–Trinajstić information content (AvgIpc) is 2.64. The number of hydrogen-bond acceptors (Lipinski definition) is 5. The molecule has 146 valence electrons. The van der Waals surface area contributed by atoms with Crippen molar-refractivity contribution < 1.29 is 23.8 Å². The van der Waals surface area contributed by atoms with Crippen LogP contribution in [0, 0.1) is 0 Å². The van der Waals surface area contributed by atoms with Gasteiger partial charge in [-0.05, 0) is 44.4 Å². The Labute approximate surface area is 156 Å². The van der Waals surface area contributed by atoms with Crippen molar-refractivity contribution in [2.75, 3.05) is 33.5 Å². The topological polar surface area (TPSA) is 73.9 Å². The van der Waals surface area contributed by atoms with Gasteiger partial charge in [0.2, 0.25) is 5.91 Å². The minimum Gasteiger partial charge on any atom is -0.493 e. The number of ether oxygens (including phenoxy) is 3. The Morgan fingerprint density at radius 2 is 1.81 bits per heavy atom. The van der Waals surface area contributed by atoms with Gasteiger partial charge in [0.05, 0.1) is 13.7 Å². The maximum absolute atomic E-state index is 11.8. The van der Waals surface area contributed by atoms with E-state index in [1.54, 1.807) is 18.2 Å². The van der Waals surface area contributed by atoms with Crippen LogP contribution in [-0.2, 0) is 9.53 Å². The van der Waals surface area contributed by atoms with Gasteiger partial charge in [-0.15, -0.1) is 0 Å². The fourth-order valence-electron chi connectivity index (χ4n) is 2.26. The molecule has 0 bridgehead atoms. The lowest BCUT2D eigenvalue weighted by molar-refractivity contribution is -0.121. The number of unbranched alkanes of at least 4 members (excludes halogenated alkanes) is 1. The van der Waals surface area contributed by atoms with Crippen LogP contribution in [-0.4, -0.2) is 45.2 Å². The number of Topliss-reactive ketones (excluding diaryl/α,β-unsaturated/α-hetero) is 1. The molecule has 0 fully saturated rings. The summed E-state index contributed by atoms with van der Waals surface area (Å²) in [5, 5.41) is 2.88. The highest BCUT2D eigenvalue weighted by atomic mass is 16.5. The third kappa shape index (κ3) is 8.85. The van der Waals surface area contributed by atoms with Crippen molar-refractivity contribution in [2.45, 2.75) is 46.0 Å². The van der Waals surface area contributed by atoms with Crippen molar-refractivity contribution >= 4 is 11.7 Å². The van der Waals surface area contributed by atoms with Crippen molar-refractivity contribution in [3.8, 4) is 11.5 Å². The molecule has 0 radical (unpaired) electrons. The fraction of sp³-hybridized carbons (Fsp3) is 0.600. The summed E-state index contributed by atoms with van der Waals surface area (Å²) in [4.78, 5) is 23.1. The minimum absolute atomic E-state index is 0.0149. The molecule has 1 rings (SSSR count). The van der Waals surface area contributed by atoms with E-state index in [-0.39, 0.29) is 11.7 Å². The molecule has 0 aliphatic rings. The lowest BCUT2D eigenvalue weighted by Gasteiger charge is -2.11. The second-order valence-electron chi connectivity index (χ2n) is 6.04. The van der Waals surface area contributed by atoms with E-state index in [0.29, 0.717) is 49.7 Å². The van der Waals surface area contributed by atoms with E-state index in [1.165, 1.54) is 14.0 Å². The lowest BCUT2D eigenvalue weighted by Crippen LogP contribution is -2.25. The van der Waals surface area contributed by atoms with Crippen molar-refractivity contribution in [2.24, 2.45) is 0 Å². The van der Waals surface area contributed by atoms with Gasteiger partial charge in [-0.3, -0.25) is 9.59 Å². The van der Waals surface area contributed by atoms with Crippen LogP contribution < -0.4 is 14.8 Å². The molecule has 6 nitrogen and oxygen atoms in total. The first-order valence-electron chi connectivity index (χ1n) is 9.24. The van der Waals surface area contributed by atoms with Gasteiger partial charge in [0.1, 0.15) is 0 Å². The number of benzene rings is 1. The van der Waals surface area contributed by atoms with Crippen LogP contribution in [0.4, 0.5) is 0 Å². The smallest absolute Gasteiger partial charge is 0.220 e. The highest BCUT2D eigenvalue weighted by molar-refractivity contribution is 5.94. The standard InChI is InChI=1S/C20H31NO5/c1-4-5-12-25-13-7-11-21-20(23)8-6-14-26-18-10-9-17(16(2)22)15-19(18)24-3/h9-10,15H,4-8,11-14H2,1-3H3,(H,21,23). The predicted octanol–water partition coefficient (Wildman–Crippen LogP) is 3.38. The highest BCUT2D eigenvalue weighted by Gasteiger charge is 2.08. The van der Waals surface area contributed by atoms with Crippen LogP contribution in [0.1, 0.15) is 56.3 Å². The maximum atomic E-state index is 11.8.